The summed E-state index contributed by atoms with van der Waals surface area (Å²) in [5.74, 6) is 2.16. The van der Waals surface area contributed by atoms with Crippen molar-refractivity contribution in [2.24, 2.45) is 0 Å². The Bertz CT molecular complexity index is 972. The first-order valence-electron chi connectivity index (χ1n) is 9.87. The number of nitrogens with zero attached hydrogens (tertiary/aromatic N) is 3. The monoisotopic (exact) mass is 377 g/mol. The summed E-state index contributed by atoms with van der Waals surface area (Å²) in [5.41, 5.74) is 1.90. The third-order valence-corrected chi connectivity index (χ3v) is 5.31. The first-order chi connectivity index (χ1) is 13.4. The van der Waals surface area contributed by atoms with E-state index in [4.69, 9.17) is 9.72 Å². The maximum atomic E-state index is 12.6. The average molecular weight is 377 g/mol. The summed E-state index contributed by atoms with van der Waals surface area (Å²) in [6.07, 6.45) is 0.514. The molecule has 0 saturated carbocycles. The highest BCUT2D eigenvalue weighted by atomic mass is 16.5. The normalized spacial score (nSPS) is 17.5. The van der Waals surface area contributed by atoms with E-state index in [1.54, 1.807) is 0 Å². The van der Waals surface area contributed by atoms with Crippen LogP contribution in [0.5, 0.6) is 5.75 Å². The maximum Gasteiger partial charge on any atom is 0.223 e. The van der Waals surface area contributed by atoms with Crippen LogP contribution < -0.4 is 4.74 Å². The number of hydrogen-bond donors (Lipinski definition) is 0. The van der Waals surface area contributed by atoms with Crippen molar-refractivity contribution in [1.82, 2.24) is 14.5 Å². The number of aromatic nitrogens is 2. The first kappa shape index (κ1) is 18.5. The van der Waals surface area contributed by atoms with Crippen molar-refractivity contribution in [2.75, 3.05) is 13.2 Å². The summed E-state index contributed by atoms with van der Waals surface area (Å²) >= 11 is 0. The lowest BCUT2D eigenvalue weighted by atomic mass is 10.1. The molecule has 4 rings (SSSR count). The highest BCUT2D eigenvalue weighted by Gasteiger charge is 2.38. The number of imidazole rings is 1. The van der Waals surface area contributed by atoms with E-state index in [-0.39, 0.29) is 17.4 Å². The minimum absolute atomic E-state index is 0.107. The molecule has 146 valence electrons. The van der Waals surface area contributed by atoms with Crippen LogP contribution in [0.4, 0.5) is 0 Å². The first-order valence-corrected chi connectivity index (χ1v) is 9.87. The molecule has 28 heavy (non-hydrogen) atoms. The third-order valence-electron chi connectivity index (χ3n) is 5.31. The number of rotatable bonds is 5. The fourth-order valence-corrected chi connectivity index (χ4v) is 3.94. The second kappa shape index (κ2) is 7.30. The van der Waals surface area contributed by atoms with Gasteiger partial charge in [0.25, 0.3) is 0 Å². The lowest BCUT2D eigenvalue weighted by Crippen LogP contribution is -2.42. The van der Waals surface area contributed by atoms with Gasteiger partial charge in [-0.2, -0.15) is 0 Å². The minimum Gasteiger partial charge on any atom is -0.492 e. The molecule has 1 aromatic heterocycles. The van der Waals surface area contributed by atoms with E-state index in [9.17, 15) is 4.79 Å². The predicted molar refractivity (Wildman–Crippen MR) is 110 cm³/mol. The van der Waals surface area contributed by atoms with Crippen molar-refractivity contribution in [2.45, 2.75) is 45.2 Å². The summed E-state index contributed by atoms with van der Waals surface area (Å²) in [6, 6.07) is 18.0. The van der Waals surface area contributed by atoms with E-state index < -0.39 is 0 Å². The number of ether oxygens (including phenoxy) is 1. The molecule has 1 fully saturated rings. The summed E-state index contributed by atoms with van der Waals surface area (Å²) < 4.78 is 8.14. The molecule has 5 heteroatoms. The van der Waals surface area contributed by atoms with Crippen LogP contribution in [0.3, 0.4) is 0 Å². The van der Waals surface area contributed by atoms with Crippen LogP contribution >= 0.6 is 0 Å². The summed E-state index contributed by atoms with van der Waals surface area (Å²) in [4.78, 5) is 19.5. The molecular formula is C23H27N3O2. The molecule has 1 saturated heterocycles. The Morgan fingerprint density at radius 2 is 1.79 bits per heavy atom. The molecule has 1 aliphatic heterocycles. The zero-order chi connectivity index (χ0) is 19.7. The summed E-state index contributed by atoms with van der Waals surface area (Å²) in [6.45, 7) is 8.23. The number of carbonyl (C=O) groups is 1. The predicted octanol–water partition coefficient (Wildman–Crippen LogP) is 4.23. The van der Waals surface area contributed by atoms with Gasteiger partial charge in [0.1, 0.15) is 18.2 Å². The molecule has 0 aliphatic carbocycles. The van der Waals surface area contributed by atoms with Gasteiger partial charge in [0.15, 0.2) is 0 Å². The quantitative estimate of drug-likeness (QED) is 0.668. The van der Waals surface area contributed by atoms with E-state index in [2.05, 4.69) is 31.4 Å². The molecule has 5 nitrogen and oxygen atoms in total. The van der Waals surface area contributed by atoms with E-state index in [1.807, 2.05) is 53.4 Å². The third kappa shape index (κ3) is 3.61. The molecule has 0 spiro atoms. The number of amides is 1. The van der Waals surface area contributed by atoms with Crippen molar-refractivity contribution in [3.05, 3.63) is 60.4 Å². The van der Waals surface area contributed by atoms with Crippen molar-refractivity contribution in [3.63, 3.8) is 0 Å². The minimum atomic E-state index is -0.168. The Morgan fingerprint density at radius 1 is 1.07 bits per heavy atom. The van der Waals surface area contributed by atoms with Crippen LogP contribution in [-0.2, 0) is 11.3 Å². The standard InChI is InChI=1S/C23H27N3O2/c1-23(2,3)26-16-17(15-21(26)27)22-24-19-11-7-8-12-20(19)25(22)13-14-28-18-9-5-4-6-10-18/h4-12,17H,13-16H2,1-3H3/t17-/m1/s1. The highest BCUT2D eigenvalue weighted by Crippen LogP contribution is 2.33. The second-order valence-electron chi connectivity index (χ2n) is 8.35. The largest absolute Gasteiger partial charge is 0.492 e. The van der Waals surface area contributed by atoms with Crippen LogP contribution in [0.25, 0.3) is 11.0 Å². The fourth-order valence-electron chi connectivity index (χ4n) is 3.94. The molecule has 1 aliphatic rings. The van der Waals surface area contributed by atoms with Crippen molar-refractivity contribution in [3.8, 4) is 5.75 Å². The van der Waals surface area contributed by atoms with Gasteiger partial charge in [0.2, 0.25) is 5.91 Å². The molecule has 3 aromatic rings. The number of fused-ring (bicyclic) bond motifs is 1. The van der Waals surface area contributed by atoms with E-state index in [0.717, 1.165) is 22.6 Å². The molecule has 0 bridgehead atoms. The maximum absolute atomic E-state index is 12.6. The van der Waals surface area contributed by atoms with Gasteiger partial charge in [0.05, 0.1) is 17.6 Å². The van der Waals surface area contributed by atoms with Crippen molar-refractivity contribution < 1.29 is 9.53 Å². The molecule has 2 aromatic carbocycles. The van der Waals surface area contributed by atoms with Crippen LogP contribution in [0.1, 0.15) is 38.9 Å². The zero-order valence-electron chi connectivity index (χ0n) is 16.8. The summed E-state index contributed by atoms with van der Waals surface area (Å²) in [7, 11) is 0. The highest BCUT2D eigenvalue weighted by molar-refractivity contribution is 5.81. The smallest absolute Gasteiger partial charge is 0.223 e. The lowest BCUT2D eigenvalue weighted by Gasteiger charge is -2.32. The topological polar surface area (TPSA) is 47.4 Å². The molecule has 1 amide bonds. The van der Waals surface area contributed by atoms with Gasteiger partial charge in [-0.1, -0.05) is 30.3 Å². The molecule has 0 radical (unpaired) electrons. The molecule has 0 unspecified atom stereocenters. The van der Waals surface area contributed by atoms with E-state index >= 15 is 0 Å². The van der Waals surface area contributed by atoms with Gasteiger partial charge in [-0.15, -0.1) is 0 Å². The van der Waals surface area contributed by atoms with Gasteiger partial charge in [-0.3, -0.25) is 4.79 Å². The van der Waals surface area contributed by atoms with Gasteiger partial charge < -0.3 is 14.2 Å². The Kier molecular flexibility index (Phi) is 4.84. The van der Waals surface area contributed by atoms with E-state index in [0.29, 0.717) is 26.1 Å². The SMILES string of the molecule is CC(C)(C)N1C[C@H](c2nc3ccccc3n2CCOc2ccccc2)CC1=O. The van der Waals surface area contributed by atoms with Gasteiger partial charge >= 0.3 is 0 Å². The zero-order valence-corrected chi connectivity index (χ0v) is 16.8. The Labute approximate surface area is 165 Å². The number of para-hydroxylation sites is 3. The van der Waals surface area contributed by atoms with Crippen LogP contribution in [-0.4, -0.2) is 39.0 Å². The molecule has 0 N–H and O–H groups in total. The van der Waals surface area contributed by atoms with Crippen molar-refractivity contribution in [1.29, 1.82) is 0 Å². The van der Waals surface area contributed by atoms with E-state index in [1.165, 1.54) is 0 Å². The molecule has 2 heterocycles. The van der Waals surface area contributed by atoms with Crippen LogP contribution in [0.2, 0.25) is 0 Å². The lowest BCUT2D eigenvalue weighted by molar-refractivity contribution is -0.131. The molecule has 1 atom stereocenters. The average Bonchev–Trinajstić information content (AvgIpc) is 3.23. The van der Waals surface area contributed by atoms with Crippen molar-refractivity contribution >= 4 is 16.9 Å². The van der Waals surface area contributed by atoms with Gasteiger partial charge in [-0.05, 0) is 45.0 Å². The summed E-state index contributed by atoms with van der Waals surface area (Å²) in [5, 5.41) is 0. The van der Waals surface area contributed by atoms with Gasteiger partial charge in [-0.25, -0.2) is 4.98 Å². The number of carbonyl (C=O) groups excluding carboxylic acids is 1. The second-order valence-corrected chi connectivity index (χ2v) is 8.35. The number of hydrogen-bond acceptors (Lipinski definition) is 3. The Balaban J connectivity index is 1.60. The number of likely N-dealkylation sites (tertiary alicyclic amines) is 1. The van der Waals surface area contributed by atoms with Crippen LogP contribution in [0.15, 0.2) is 54.6 Å². The number of benzene rings is 2. The van der Waals surface area contributed by atoms with Crippen LogP contribution in [0, 0.1) is 0 Å². The Hall–Kier alpha value is -2.82. The fraction of sp³-hybridized carbons (Fsp3) is 0.391. The van der Waals surface area contributed by atoms with Gasteiger partial charge in [0, 0.05) is 24.4 Å². The molecular weight excluding hydrogens is 350 g/mol. The Morgan fingerprint density at radius 3 is 2.50 bits per heavy atom.